The highest BCUT2D eigenvalue weighted by molar-refractivity contribution is 6.16. The molecule has 0 aliphatic rings. The molecular formula is C16H18N2O4. The largest absolute Gasteiger partial charge is 0.507 e. The maximum absolute atomic E-state index is 10.3. The van der Waals surface area contributed by atoms with E-state index in [-0.39, 0.29) is 5.75 Å². The summed E-state index contributed by atoms with van der Waals surface area (Å²) in [6.07, 6.45) is 0. The maximum atomic E-state index is 10.3. The van der Waals surface area contributed by atoms with E-state index in [4.69, 9.17) is 20.1 Å². The zero-order valence-corrected chi connectivity index (χ0v) is 12.7. The van der Waals surface area contributed by atoms with Gasteiger partial charge < -0.3 is 25.2 Å². The van der Waals surface area contributed by atoms with Gasteiger partial charge in [-0.15, -0.1) is 0 Å². The van der Waals surface area contributed by atoms with Crippen LogP contribution in [0.5, 0.6) is 23.0 Å². The Morgan fingerprint density at radius 2 is 1.59 bits per heavy atom. The van der Waals surface area contributed by atoms with Gasteiger partial charge in [-0.2, -0.15) is 5.10 Å². The van der Waals surface area contributed by atoms with E-state index in [0.29, 0.717) is 28.5 Å². The molecule has 0 unspecified atom stereocenters. The van der Waals surface area contributed by atoms with Crippen molar-refractivity contribution in [1.29, 1.82) is 0 Å². The number of benzene rings is 2. The molecule has 3 N–H and O–H groups in total. The van der Waals surface area contributed by atoms with Crippen LogP contribution >= 0.6 is 0 Å². The van der Waals surface area contributed by atoms with Gasteiger partial charge in [0.05, 0.1) is 26.9 Å². The van der Waals surface area contributed by atoms with Crippen molar-refractivity contribution in [3.8, 4) is 23.0 Å². The molecule has 0 heterocycles. The molecule has 2 aromatic carbocycles. The third-order valence-electron chi connectivity index (χ3n) is 3.24. The first kappa shape index (κ1) is 15.5. The number of rotatable bonds is 5. The van der Waals surface area contributed by atoms with E-state index in [9.17, 15) is 5.11 Å². The minimum Gasteiger partial charge on any atom is -0.507 e. The molecule has 2 aromatic rings. The maximum Gasteiger partial charge on any atom is 0.135 e. The third-order valence-corrected chi connectivity index (χ3v) is 3.24. The summed E-state index contributed by atoms with van der Waals surface area (Å²) in [5, 5.41) is 14.1. The number of hydrogen-bond donors (Lipinski definition) is 2. The second kappa shape index (κ2) is 6.71. The van der Waals surface area contributed by atoms with Gasteiger partial charge in [0.1, 0.15) is 28.7 Å². The van der Waals surface area contributed by atoms with E-state index >= 15 is 0 Å². The quantitative estimate of drug-likeness (QED) is 0.502. The van der Waals surface area contributed by atoms with Crippen molar-refractivity contribution in [3.05, 3.63) is 47.5 Å². The molecule has 0 aliphatic heterocycles. The summed E-state index contributed by atoms with van der Waals surface area (Å²) in [6, 6.07) is 10.3. The highest BCUT2D eigenvalue weighted by Gasteiger charge is 2.19. The fourth-order valence-corrected chi connectivity index (χ4v) is 2.13. The van der Waals surface area contributed by atoms with Crippen molar-refractivity contribution in [2.24, 2.45) is 10.9 Å². The van der Waals surface area contributed by atoms with Crippen LogP contribution in [0.3, 0.4) is 0 Å². The Balaban J connectivity index is 2.55. The molecule has 0 aliphatic carbocycles. The van der Waals surface area contributed by atoms with Crippen LogP contribution in [-0.4, -0.2) is 32.1 Å². The Kier molecular flexibility index (Phi) is 4.73. The van der Waals surface area contributed by atoms with E-state index in [1.165, 1.54) is 20.3 Å². The van der Waals surface area contributed by atoms with Crippen LogP contribution in [0.25, 0.3) is 0 Å². The Morgan fingerprint density at radius 1 is 0.955 bits per heavy atom. The molecule has 0 radical (unpaired) electrons. The van der Waals surface area contributed by atoms with Gasteiger partial charge in [-0.25, -0.2) is 0 Å². The fourth-order valence-electron chi connectivity index (χ4n) is 2.13. The predicted molar refractivity (Wildman–Crippen MR) is 84.0 cm³/mol. The summed E-state index contributed by atoms with van der Waals surface area (Å²) in [5.74, 6) is 7.10. The molecule has 0 spiro atoms. The second-order valence-electron chi connectivity index (χ2n) is 4.43. The van der Waals surface area contributed by atoms with Gasteiger partial charge in [0.15, 0.2) is 0 Å². The van der Waals surface area contributed by atoms with Crippen molar-refractivity contribution in [1.82, 2.24) is 0 Å². The number of methoxy groups -OCH3 is 3. The Hall–Kier alpha value is -2.89. The first-order valence-electron chi connectivity index (χ1n) is 6.52. The standard InChI is InChI=1S/C16H18N2O4/c1-20-11-6-4-10(5-7-11)16(18-17)15-13(19)8-12(21-2)9-14(15)22-3/h4-9,19H,17H2,1-3H3/b18-16-. The molecule has 116 valence electrons. The molecule has 6 heteroatoms. The van der Waals surface area contributed by atoms with Gasteiger partial charge in [0.25, 0.3) is 0 Å². The van der Waals surface area contributed by atoms with Crippen molar-refractivity contribution < 1.29 is 19.3 Å². The van der Waals surface area contributed by atoms with Crippen molar-refractivity contribution >= 4 is 5.71 Å². The van der Waals surface area contributed by atoms with Crippen LogP contribution in [0.1, 0.15) is 11.1 Å². The number of hydrogen-bond acceptors (Lipinski definition) is 6. The van der Waals surface area contributed by atoms with Crippen LogP contribution in [0.2, 0.25) is 0 Å². The Bertz CT molecular complexity index is 681. The summed E-state index contributed by atoms with van der Waals surface area (Å²) >= 11 is 0. The Morgan fingerprint density at radius 3 is 2.09 bits per heavy atom. The van der Waals surface area contributed by atoms with Crippen LogP contribution in [0.15, 0.2) is 41.5 Å². The van der Waals surface area contributed by atoms with Gasteiger partial charge in [-0.05, 0) is 24.3 Å². The fraction of sp³-hybridized carbons (Fsp3) is 0.188. The highest BCUT2D eigenvalue weighted by atomic mass is 16.5. The lowest BCUT2D eigenvalue weighted by molar-refractivity contribution is 0.384. The van der Waals surface area contributed by atoms with E-state index in [1.807, 2.05) is 0 Å². The number of nitrogens with zero attached hydrogens (tertiary/aromatic N) is 1. The first-order chi connectivity index (χ1) is 10.6. The molecule has 0 amide bonds. The molecular weight excluding hydrogens is 284 g/mol. The molecule has 0 fully saturated rings. The van der Waals surface area contributed by atoms with Crippen LogP contribution < -0.4 is 20.1 Å². The van der Waals surface area contributed by atoms with Gasteiger partial charge in [-0.1, -0.05) is 0 Å². The monoisotopic (exact) mass is 302 g/mol. The van der Waals surface area contributed by atoms with Crippen LogP contribution in [-0.2, 0) is 0 Å². The predicted octanol–water partition coefficient (Wildman–Crippen LogP) is 2.13. The van der Waals surface area contributed by atoms with E-state index in [0.717, 1.165) is 5.56 Å². The minimum absolute atomic E-state index is 0.0313. The zero-order chi connectivity index (χ0) is 16.1. The molecule has 0 bridgehead atoms. The smallest absolute Gasteiger partial charge is 0.135 e. The first-order valence-corrected chi connectivity index (χ1v) is 6.52. The topological polar surface area (TPSA) is 86.3 Å². The second-order valence-corrected chi connectivity index (χ2v) is 4.43. The molecule has 6 nitrogen and oxygen atoms in total. The lowest BCUT2D eigenvalue weighted by atomic mass is 10.00. The number of hydrazone groups is 1. The van der Waals surface area contributed by atoms with Crippen LogP contribution in [0.4, 0.5) is 0 Å². The molecule has 22 heavy (non-hydrogen) atoms. The zero-order valence-electron chi connectivity index (χ0n) is 12.7. The number of phenolic OH excluding ortho intramolecular Hbond substituents is 1. The van der Waals surface area contributed by atoms with Crippen LogP contribution in [0, 0.1) is 0 Å². The van der Waals surface area contributed by atoms with Crippen molar-refractivity contribution in [2.75, 3.05) is 21.3 Å². The molecule has 0 atom stereocenters. The van der Waals surface area contributed by atoms with E-state index in [2.05, 4.69) is 5.10 Å². The average molecular weight is 302 g/mol. The number of phenols is 1. The molecule has 2 rings (SSSR count). The Labute approximate surface area is 128 Å². The number of nitrogens with two attached hydrogens (primary N) is 1. The van der Waals surface area contributed by atoms with Gasteiger partial charge in [-0.3, -0.25) is 0 Å². The van der Waals surface area contributed by atoms with Crippen molar-refractivity contribution in [3.63, 3.8) is 0 Å². The summed E-state index contributed by atoms with van der Waals surface area (Å²) in [4.78, 5) is 0. The summed E-state index contributed by atoms with van der Waals surface area (Å²) < 4.78 is 15.6. The highest BCUT2D eigenvalue weighted by Crippen LogP contribution is 2.35. The summed E-state index contributed by atoms with van der Waals surface area (Å²) in [6.45, 7) is 0. The van der Waals surface area contributed by atoms with E-state index in [1.54, 1.807) is 37.4 Å². The average Bonchev–Trinajstić information content (AvgIpc) is 2.57. The van der Waals surface area contributed by atoms with Gasteiger partial charge >= 0.3 is 0 Å². The summed E-state index contributed by atoms with van der Waals surface area (Å²) in [5.41, 5.74) is 1.53. The minimum atomic E-state index is -0.0313. The molecule has 0 saturated heterocycles. The third kappa shape index (κ3) is 2.90. The normalized spacial score (nSPS) is 11.1. The lowest BCUT2D eigenvalue weighted by Crippen LogP contribution is -2.09. The summed E-state index contributed by atoms with van der Waals surface area (Å²) in [7, 11) is 4.60. The van der Waals surface area contributed by atoms with E-state index < -0.39 is 0 Å². The van der Waals surface area contributed by atoms with Gasteiger partial charge in [0.2, 0.25) is 0 Å². The lowest BCUT2D eigenvalue weighted by Gasteiger charge is -2.14. The molecule has 0 aromatic heterocycles. The number of aromatic hydroxyl groups is 1. The van der Waals surface area contributed by atoms with Crippen molar-refractivity contribution in [2.45, 2.75) is 0 Å². The SMILES string of the molecule is COc1ccc(/C(=N/N)c2c(O)cc(OC)cc2OC)cc1. The van der Waals surface area contributed by atoms with Gasteiger partial charge in [0, 0.05) is 17.7 Å². The number of ether oxygens (including phenoxy) is 3. The molecule has 0 saturated carbocycles.